The van der Waals surface area contributed by atoms with Gasteiger partial charge in [-0.25, -0.2) is 0 Å². The van der Waals surface area contributed by atoms with Crippen LogP contribution in [-0.2, 0) is 0 Å². The van der Waals surface area contributed by atoms with E-state index in [4.69, 9.17) is 0 Å². The first-order valence-corrected chi connectivity index (χ1v) is 7.65. The third-order valence-corrected chi connectivity index (χ3v) is 3.80. The van der Waals surface area contributed by atoms with Gasteiger partial charge in [0, 0.05) is 18.6 Å². The zero-order valence-electron chi connectivity index (χ0n) is 13.2. The molecule has 19 heavy (non-hydrogen) atoms. The van der Waals surface area contributed by atoms with Crippen LogP contribution in [0.2, 0.25) is 0 Å². The molecule has 0 aliphatic heterocycles. The van der Waals surface area contributed by atoms with Crippen molar-refractivity contribution >= 4 is 0 Å². The summed E-state index contributed by atoms with van der Waals surface area (Å²) in [5.41, 5.74) is 2.73. The van der Waals surface area contributed by atoms with Gasteiger partial charge in [-0.15, -0.1) is 0 Å². The monoisotopic (exact) mass is 262 g/mol. The van der Waals surface area contributed by atoms with E-state index < -0.39 is 0 Å². The smallest absolute Gasteiger partial charge is 0.0320 e. The van der Waals surface area contributed by atoms with Crippen LogP contribution >= 0.6 is 0 Å². The number of rotatable bonds is 8. The van der Waals surface area contributed by atoms with Crippen molar-refractivity contribution in [3.8, 4) is 0 Å². The van der Waals surface area contributed by atoms with Crippen molar-refractivity contribution in [1.82, 2.24) is 10.2 Å². The highest BCUT2D eigenvalue weighted by atomic mass is 15.1. The summed E-state index contributed by atoms with van der Waals surface area (Å²) in [6.07, 6.45) is 1.13. The Balaban J connectivity index is 2.58. The predicted octanol–water partition coefficient (Wildman–Crippen LogP) is 3.77. The number of hydrogen-bond donors (Lipinski definition) is 1. The van der Waals surface area contributed by atoms with Crippen LogP contribution in [0.25, 0.3) is 0 Å². The minimum absolute atomic E-state index is 0.464. The van der Waals surface area contributed by atoms with E-state index in [9.17, 15) is 0 Å². The maximum absolute atomic E-state index is 3.76. The molecule has 0 fully saturated rings. The maximum atomic E-state index is 3.76. The lowest BCUT2D eigenvalue weighted by molar-refractivity contribution is 0.260. The van der Waals surface area contributed by atoms with E-state index >= 15 is 0 Å². The molecule has 0 aromatic heterocycles. The van der Waals surface area contributed by atoms with Crippen LogP contribution in [0.15, 0.2) is 24.3 Å². The van der Waals surface area contributed by atoms with Crippen LogP contribution in [0.1, 0.15) is 51.3 Å². The fourth-order valence-corrected chi connectivity index (χ4v) is 2.51. The highest BCUT2D eigenvalue weighted by molar-refractivity contribution is 5.24. The average molecular weight is 262 g/mol. The van der Waals surface area contributed by atoms with Gasteiger partial charge in [-0.05, 0) is 38.9 Å². The SMILES string of the molecule is CCC(NC(C)CN(CC)CC)c1ccc(C)cc1. The Kier molecular flexibility index (Phi) is 7.11. The minimum atomic E-state index is 0.464. The molecule has 1 aromatic rings. The van der Waals surface area contributed by atoms with Crippen LogP contribution < -0.4 is 5.32 Å². The van der Waals surface area contributed by atoms with Gasteiger partial charge >= 0.3 is 0 Å². The van der Waals surface area contributed by atoms with Crippen LogP contribution in [0, 0.1) is 6.92 Å². The lowest BCUT2D eigenvalue weighted by Crippen LogP contribution is -2.40. The molecule has 108 valence electrons. The van der Waals surface area contributed by atoms with Gasteiger partial charge in [0.15, 0.2) is 0 Å². The quantitative estimate of drug-likeness (QED) is 0.767. The lowest BCUT2D eigenvalue weighted by atomic mass is 10.0. The number of nitrogens with zero attached hydrogens (tertiary/aromatic N) is 1. The van der Waals surface area contributed by atoms with Gasteiger partial charge in [-0.3, -0.25) is 0 Å². The van der Waals surface area contributed by atoms with Gasteiger partial charge in [0.25, 0.3) is 0 Å². The zero-order valence-corrected chi connectivity index (χ0v) is 13.2. The van der Waals surface area contributed by atoms with E-state index in [-0.39, 0.29) is 0 Å². The Morgan fingerprint density at radius 3 is 2.11 bits per heavy atom. The molecule has 2 atom stereocenters. The van der Waals surface area contributed by atoms with Gasteiger partial charge in [0.1, 0.15) is 0 Å². The lowest BCUT2D eigenvalue weighted by Gasteiger charge is -2.27. The number of hydrogen-bond acceptors (Lipinski definition) is 2. The molecule has 1 N–H and O–H groups in total. The molecule has 2 heteroatoms. The first kappa shape index (κ1) is 16.2. The standard InChI is InChI=1S/C17H30N2/c1-6-17(16-11-9-14(4)10-12-16)18-15(5)13-19(7-2)8-3/h9-12,15,17-18H,6-8,13H2,1-5H3. The van der Waals surface area contributed by atoms with E-state index in [1.165, 1.54) is 11.1 Å². The van der Waals surface area contributed by atoms with Crippen LogP contribution in [-0.4, -0.2) is 30.6 Å². The predicted molar refractivity (Wildman–Crippen MR) is 84.6 cm³/mol. The molecule has 0 spiro atoms. The maximum Gasteiger partial charge on any atom is 0.0320 e. The molecule has 1 rings (SSSR count). The van der Waals surface area contributed by atoms with Crippen molar-refractivity contribution in [3.63, 3.8) is 0 Å². The van der Waals surface area contributed by atoms with Crippen molar-refractivity contribution in [2.24, 2.45) is 0 Å². The first-order chi connectivity index (χ1) is 9.10. The second-order valence-corrected chi connectivity index (χ2v) is 5.43. The summed E-state index contributed by atoms with van der Waals surface area (Å²) in [5, 5.41) is 3.76. The Labute approximate surface area is 119 Å². The van der Waals surface area contributed by atoms with Crippen molar-refractivity contribution in [2.75, 3.05) is 19.6 Å². The van der Waals surface area contributed by atoms with E-state index in [0.717, 1.165) is 26.1 Å². The molecule has 0 saturated heterocycles. The Hall–Kier alpha value is -0.860. The topological polar surface area (TPSA) is 15.3 Å². The third-order valence-electron chi connectivity index (χ3n) is 3.80. The van der Waals surface area contributed by atoms with Crippen LogP contribution in [0.3, 0.4) is 0 Å². The first-order valence-electron chi connectivity index (χ1n) is 7.65. The second kappa shape index (κ2) is 8.34. The summed E-state index contributed by atoms with van der Waals surface area (Å²) in [4.78, 5) is 2.47. The van der Waals surface area contributed by atoms with E-state index in [2.05, 4.69) is 69.1 Å². The van der Waals surface area contributed by atoms with Gasteiger partial charge in [-0.1, -0.05) is 50.6 Å². The number of likely N-dealkylation sites (N-methyl/N-ethyl adjacent to an activating group) is 1. The summed E-state index contributed by atoms with van der Waals surface area (Å²) >= 11 is 0. The number of aryl methyl sites for hydroxylation is 1. The number of nitrogens with one attached hydrogen (secondary N) is 1. The Morgan fingerprint density at radius 2 is 1.63 bits per heavy atom. The summed E-state index contributed by atoms with van der Waals surface area (Å²) in [5.74, 6) is 0. The van der Waals surface area contributed by atoms with Gasteiger partial charge in [0.05, 0.1) is 0 Å². The molecule has 0 radical (unpaired) electrons. The second-order valence-electron chi connectivity index (χ2n) is 5.43. The van der Waals surface area contributed by atoms with Crippen LogP contribution in [0.5, 0.6) is 0 Å². The summed E-state index contributed by atoms with van der Waals surface area (Å²) in [6.45, 7) is 14.5. The van der Waals surface area contributed by atoms with E-state index in [1.54, 1.807) is 0 Å². The molecular formula is C17H30N2. The molecule has 1 aromatic carbocycles. The van der Waals surface area contributed by atoms with Gasteiger partial charge in [-0.2, -0.15) is 0 Å². The summed E-state index contributed by atoms with van der Waals surface area (Å²) in [7, 11) is 0. The van der Waals surface area contributed by atoms with Crippen molar-refractivity contribution in [1.29, 1.82) is 0 Å². The normalized spacial score (nSPS) is 14.6. The molecule has 0 amide bonds. The minimum Gasteiger partial charge on any atom is -0.306 e. The van der Waals surface area contributed by atoms with Crippen molar-refractivity contribution in [3.05, 3.63) is 35.4 Å². The Bertz CT molecular complexity index is 341. The molecular weight excluding hydrogens is 232 g/mol. The molecule has 0 saturated carbocycles. The summed E-state index contributed by atoms with van der Waals surface area (Å²) < 4.78 is 0. The van der Waals surface area contributed by atoms with Crippen molar-refractivity contribution in [2.45, 2.75) is 53.1 Å². The molecule has 2 unspecified atom stereocenters. The van der Waals surface area contributed by atoms with Crippen molar-refractivity contribution < 1.29 is 0 Å². The molecule has 0 heterocycles. The fraction of sp³-hybridized carbons (Fsp3) is 0.647. The number of benzene rings is 1. The molecule has 0 bridgehead atoms. The van der Waals surface area contributed by atoms with Crippen LogP contribution in [0.4, 0.5) is 0 Å². The Morgan fingerprint density at radius 1 is 1.05 bits per heavy atom. The van der Waals surface area contributed by atoms with E-state index in [1.807, 2.05) is 0 Å². The highest BCUT2D eigenvalue weighted by Gasteiger charge is 2.13. The third kappa shape index (κ3) is 5.33. The van der Waals surface area contributed by atoms with E-state index in [0.29, 0.717) is 12.1 Å². The highest BCUT2D eigenvalue weighted by Crippen LogP contribution is 2.18. The van der Waals surface area contributed by atoms with Gasteiger partial charge in [0.2, 0.25) is 0 Å². The largest absolute Gasteiger partial charge is 0.306 e. The summed E-state index contributed by atoms with van der Waals surface area (Å²) in [6, 6.07) is 9.89. The fourth-order valence-electron chi connectivity index (χ4n) is 2.51. The van der Waals surface area contributed by atoms with Gasteiger partial charge < -0.3 is 10.2 Å². The molecule has 0 aliphatic carbocycles. The average Bonchev–Trinajstić information content (AvgIpc) is 2.43. The molecule has 2 nitrogen and oxygen atoms in total. The molecule has 0 aliphatic rings. The zero-order chi connectivity index (χ0) is 14.3.